The molecule has 0 aliphatic rings. The molecule has 0 aliphatic carbocycles. The molecule has 1 heterocycles. The van der Waals surface area contributed by atoms with Gasteiger partial charge in [0.05, 0.1) is 12.2 Å². The number of nitrogens with two attached hydrogens (primary N) is 1. The second-order valence-electron chi connectivity index (χ2n) is 4.65. The Labute approximate surface area is 97.6 Å². The third kappa shape index (κ3) is 2.26. The molecule has 16 heavy (non-hydrogen) atoms. The van der Waals surface area contributed by atoms with Crippen LogP contribution >= 0.6 is 0 Å². The number of aromatic nitrogens is 2. The highest BCUT2D eigenvalue weighted by molar-refractivity contribution is 5.16. The van der Waals surface area contributed by atoms with Crippen molar-refractivity contribution in [2.24, 2.45) is 12.9 Å². The molecular weight excluding hydrogens is 202 g/mol. The molecule has 0 aromatic carbocycles. The summed E-state index contributed by atoms with van der Waals surface area (Å²) in [4.78, 5) is 2.20. The molecule has 1 rings (SSSR count). The molecule has 2 unspecified atom stereocenters. The Bertz CT molecular complexity index is 333. The minimum absolute atomic E-state index is 0.0300. The minimum atomic E-state index is -0.0300. The lowest BCUT2D eigenvalue weighted by molar-refractivity contribution is 0.113. The highest BCUT2D eigenvalue weighted by Gasteiger charge is 2.35. The summed E-state index contributed by atoms with van der Waals surface area (Å²) >= 11 is 0. The monoisotopic (exact) mass is 225 g/mol. The largest absolute Gasteiger partial charge is 0.302 e. The van der Waals surface area contributed by atoms with Gasteiger partial charge in [0.1, 0.15) is 0 Å². The summed E-state index contributed by atoms with van der Waals surface area (Å²) in [5.41, 5.74) is 3.99. The summed E-state index contributed by atoms with van der Waals surface area (Å²) in [5.74, 6) is 5.70. The summed E-state index contributed by atoms with van der Waals surface area (Å²) < 4.78 is 1.80. The van der Waals surface area contributed by atoms with Crippen LogP contribution in [0.1, 0.15) is 31.9 Å². The van der Waals surface area contributed by atoms with Gasteiger partial charge in [-0.2, -0.15) is 5.10 Å². The van der Waals surface area contributed by atoms with Crippen LogP contribution in [0.15, 0.2) is 12.4 Å². The van der Waals surface area contributed by atoms with Gasteiger partial charge < -0.3 is 4.90 Å². The zero-order valence-electron chi connectivity index (χ0n) is 10.9. The van der Waals surface area contributed by atoms with Crippen molar-refractivity contribution in [2.75, 3.05) is 14.1 Å². The van der Waals surface area contributed by atoms with Gasteiger partial charge in [-0.1, -0.05) is 6.92 Å². The van der Waals surface area contributed by atoms with Crippen LogP contribution in [0, 0.1) is 0 Å². The molecule has 1 aromatic heterocycles. The van der Waals surface area contributed by atoms with Crippen LogP contribution in [0.2, 0.25) is 0 Å². The molecule has 0 radical (unpaired) electrons. The van der Waals surface area contributed by atoms with E-state index in [0.29, 0.717) is 0 Å². The fourth-order valence-electron chi connectivity index (χ4n) is 2.00. The summed E-state index contributed by atoms with van der Waals surface area (Å²) in [6.07, 6.45) is 4.87. The molecule has 1 aromatic rings. The van der Waals surface area contributed by atoms with Crippen molar-refractivity contribution in [3.05, 3.63) is 18.0 Å². The van der Waals surface area contributed by atoms with Crippen LogP contribution in [0.3, 0.4) is 0 Å². The van der Waals surface area contributed by atoms with E-state index >= 15 is 0 Å². The van der Waals surface area contributed by atoms with Gasteiger partial charge in [0.2, 0.25) is 0 Å². The standard InChI is InChI=1S/C11H23N5/c1-6-11(2,15(3)4)10(14-12)9-7-13-16(5)8-9/h7-8,10,14H,6,12H2,1-5H3. The lowest BCUT2D eigenvalue weighted by Crippen LogP contribution is -2.52. The summed E-state index contributed by atoms with van der Waals surface area (Å²) in [6, 6.07) is 0.0706. The second-order valence-corrected chi connectivity index (χ2v) is 4.65. The Hall–Kier alpha value is -0.910. The van der Waals surface area contributed by atoms with Gasteiger partial charge in [-0.15, -0.1) is 0 Å². The molecule has 5 nitrogen and oxygen atoms in total. The molecule has 0 spiro atoms. The Balaban J connectivity index is 3.05. The normalized spacial score (nSPS) is 17.4. The fraction of sp³-hybridized carbons (Fsp3) is 0.727. The number of hydrazine groups is 1. The van der Waals surface area contributed by atoms with Gasteiger partial charge in [0.15, 0.2) is 0 Å². The van der Waals surface area contributed by atoms with E-state index in [2.05, 4.69) is 43.4 Å². The van der Waals surface area contributed by atoms with Gasteiger partial charge in [0, 0.05) is 24.3 Å². The Kier molecular flexibility index (Phi) is 4.07. The molecular formula is C11H23N5. The zero-order chi connectivity index (χ0) is 12.3. The lowest BCUT2D eigenvalue weighted by Gasteiger charge is -2.42. The van der Waals surface area contributed by atoms with E-state index in [4.69, 9.17) is 5.84 Å². The maximum Gasteiger partial charge on any atom is 0.0671 e. The Morgan fingerprint density at radius 2 is 2.25 bits per heavy atom. The van der Waals surface area contributed by atoms with Crippen molar-refractivity contribution in [2.45, 2.75) is 31.8 Å². The van der Waals surface area contributed by atoms with Crippen molar-refractivity contribution in [1.82, 2.24) is 20.1 Å². The van der Waals surface area contributed by atoms with Gasteiger partial charge in [-0.25, -0.2) is 0 Å². The first-order valence-corrected chi connectivity index (χ1v) is 5.57. The van der Waals surface area contributed by atoms with E-state index < -0.39 is 0 Å². The molecule has 0 saturated heterocycles. The molecule has 0 bridgehead atoms. The Morgan fingerprint density at radius 3 is 2.56 bits per heavy atom. The predicted octanol–water partition coefficient (Wildman–Crippen LogP) is 0.655. The fourth-order valence-corrected chi connectivity index (χ4v) is 2.00. The van der Waals surface area contributed by atoms with Crippen LogP contribution < -0.4 is 11.3 Å². The molecule has 5 heteroatoms. The molecule has 0 fully saturated rings. The quantitative estimate of drug-likeness (QED) is 0.571. The van der Waals surface area contributed by atoms with E-state index in [9.17, 15) is 0 Å². The highest BCUT2D eigenvalue weighted by Crippen LogP contribution is 2.31. The van der Waals surface area contributed by atoms with Crippen molar-refractivity contribution >= 4 is 0 Å². The smallest absolute Gasteiger partial charge is 0.0671 e. The first kappa shape index (κ1) is 13.2. The number of nitrogens with one attached hydrogen (secondary N) is 1. The van der Waals surface area contributed by atoms with Crippen molar-refractivity contribution < 1.29 is 0 Å². The molecule has 0 aliphatic heterocycles. The maximum atomic E-state index is 5.70. The molecule has 3 N–H and O–H groups in total. The summed E-state index contributed by atoms with van der Waals surface area (Å²) in [5, 5.41) is 4.20. The third-order valence-electron chi connectivity index (χ3n) is 3.58. The number of nitrogens with zero attached hydrogens (tertiary/aromatic N) is 3. The Morgan fingerprint density at radius 1 is 1.62 bits per heavy atom. The molecule has 0 amide bonds. The first-order valence-electron chi connectivity index (χ1n) is 5.57. The van der Waals surface area contributed by atoms with E-state index in [-0.39, 0.29) is 11.6 Å². The first-order chi connectivity index (χ1) is 7.45. The number of hydrogen-bond acceptors (Lipinski definition) is 4. The summed E-state index contributed by atoms with van der Waals surface area (Å²) in [6.45, 7) is 4.37. The highest BCUT2D eigenvalue weighted by atomic mass is 15.3. The number of rotatable bonds is 5. The van der Waals surface area contributed by atoms with E-state index in [1.807, 2.05) is 19.4 Å². The van der Waals surface area contributed by atoms with Gasteiger partial charge in [-0.05, 0) is 27.4 Å². The summed E-state index contributed by atoms with van der Waals surface area (Å²) in [7, 11) is 6.06. The van der Waals surface area contributed by atoms with E-state index in [1.54, 1.807) is 4.68 Å². The number of aryl methyl sites for hydroxylation is 1. The van der Waals surface area contributed by atoms with Gasteiger partial charge in [-0.3, -0.25) is 16.0 Å². The van der Waals surface area contributed by atoms with Crippen molar-refractivity contribution in [1.29, 1.82) is 0 Å². The average Bonchev–Trinajstić information content (AvgIpc) is 2.65. The van der Waals surface area contributed by atoms with Crippen molar-refractivity contribution in [3.63, 3.8) is 0 Å². The topological polar surface area (TPSA) is 59.1 Å². The third-order valence-corrected chi connectivity index (χ3v) is 3.58. The van der Waals surface area contributed by atoms with Crippen LogP contribution in [-0.4, -0.2) is 34.3 Å². The van der Waals surface area contributed by atoms with Crippen LogP contribution in [0.4, 0.5) is 0 Å². The second kappa shape index (κ2) is 4.95. The van der Waals surface area contributed by atoms with Gasteiger partial charge in [0.25, 0.3) is 0 Å². The maximum absolute atomic E-state index is 5.70. The molecule has 92 valence electrons. The average molecular weight is 225 g/mol. The van der Waals surface area contributed by atoms with Gasteiger partial charge >= 0.3 is 0 Å². The number of likely N-dealkylation sites (N-methyl/N-ethyl adjacent to an activating group) is 1. The number of hydrogen-bond donors (Lipinski definition) is 2. The zero-order valence-corrected chi connectivity index (χ0v) is 10.9. The van der Waals surface area contributed by atoms with Crippen LogP contribution in [-0.2, 0) is 7.05 Å². The molecule has 2 atom stereocenters. The van der Waals surface area contributed by atoms with Crippen LogP contribution in [0.5, 0.6) is 0 Å². The predicted molar refractivity (Wildman–Crippen MR) is 65.7 cm³/mol. The van der Waals surface area contributed by atoms with E-state index in [1.165, 1.54) is 0 Å². The van der Waals surface area contributed by atoms with Crippen LogP contribution in [0.25, 0.3) is 0 Å². The SMILES string of the molecule is CCC(C)(C(NN)c1cnn(C)c1)N(C)C. The van der Waals surface area contributed by atoms with E-state index in [0.717, 1.165) is 12.0 Å². The van der Waals surface area contributed by atoms with Crippen molar-refractivity contribution in [3.8, 4) is 0 Å². The molecule has 0 saturated carbocycles. The minimum Gasteiger partial charge on any atom is -0.302 e. The lowest BCUT2D eigenvalue weighted by atomic mass is 9.85.